The Hall–Kier alpha value is -4.00. The standard InChI is InChI=1S/C58H68N2O2S.ClH/c61-63(62,41-35-55(47-19-3-1-4-20-47)59-37-31-49(32-38-59)57-51-23-11-7-15-43(51)27-28-44-16-8-12-24-52(44)57)42-36-56(48-21-5-2-6-22-48)60-39-33-50(34-40-60)58-53-25-13-9-17-45(53)29-30-46-18-10-14-26-54(46)58;/h7-18,23-30,47-48,55-56H,1-6,19-22,31-42H2;1H. The van der Waals surface area contributed by atoms with Gasteiger partial charge in [-0.1, -0.05) is 171 Å². The van der Waals surface area contributed by atoms with E-state index in [4.69, 9.17) is 0 Å². The molecule has 0 N–H and O–H groups in total. The van der Waals surface area contributed by atoms with Crippen molar-refractivity contribution in [1.82, 2.24) is 9.80 Å². The van der Waals surface area contributed by atoms with Gasteiger partial charge in [0.05, 0.1) is 11.5 Å². The van der Waals surface area contributed by atoms with Gasteiger partial charge < -0.3 is 0 Å². The van der Waals surface area contributed by atoms with Crippen molar-refractivity contribution in [1.29, 1.82) is 0 Å². The monoisotopic (exact) mass is 892 g/mol. The molecule has 4 nitrogen and oxygen atoms in total. The molecule has 0 amide bonds. The van der Waals surface area contributed by atoms with Crippen molar-refractivity contribution in [3.05, 3.63) is 153 Å². The molecule has 2 saturated carbocycles. The van der Waals surface area contributed by atoms with E-state index in [9.17, 15) is 8.42 Å². The molecule has 0 spiro atoms. The Labute approximate surface area is 391 Å². The highest BCUT2D eigenvalue weighted by molar-refractivity contribution is 7.91. The first-order valence-electron chi connectivity index (χ1n) is 24.9. The summed E-state index contributed by atoms with van der Waals surface area (Å²) in [6, 6.07) is 36.3. The molecule has 64 heavy (non-hydrogen) atoms. The summed E-state index contributed by atoms with van der Waals surface area (Å²) in [4.78, 5) is 5.46. The van der Waals surface area contributed by atoms with Gasteiger partial charge in [-0.15, -0.1) is 12.4 Å². The lowest BCUT2D eigenvalue weighted by atomic mass is 9.80. The summed E-state index contributed by atoms with van der Waals surface area (Å²) in [5, 5.41) is 0. The van der Waals surface area contributed by atoms with Crippen LogP contribution >= 0.6 is 12.4 Å². The van der Waals surface area contributed by atoms with Gasteiger partial charge in [-0.25, -0.2) is 8.42 Å². The van der Waals surface area contributed by atoms with E-state index in [1.807, 2.05) is 0 Å². The first kappa shape index (κ1) is 45.2. The minimum absolute atomic E-state index is 0. The molecular weight excluding hydrogens is 824 g/mol. The Morgan fingerprint density at radius 1 is 0.438 bits per heavy atom. The molecule has 6 heteroatoms. The summed E-state index contributed by atoms with van der Waals surface area (Å²) in [6.07, 6.45) is 27.6. The van der Waals surface area contributed by atoms with Gasteiger partial charge in [-0.3, -0.25) is 9.80 Å². The lowest BCUT2D eigenvalue weighted by Gasteiger charge is -2.42. The molecule has 2 saturated heterocycles. The zero-order valence-corrected chi connectivity index (χ0v) is 39.6. The number of fused-ring (bicyclic) bond motifs is 4. The van der Waals surface area contributed by atoms with Gasteiger partial charge in [0.15, 0.2) is 0 Å². The highest BCUT2D eigenvalue weighted by atomic mass is 35.5. The molecule has 2 unspecified atom stereocenters. The first-order chi connectivity index (χ1) is 31.0. The average Bonchev–Trinajstić information content (AvgIpc) is 3.61. The van der Waals surface area contributed by atoms with Gasteiger partial charge in [-0.2, -0.15) is 0 Å². The predicted octanol–water partition coefficient (Wildman–Crippen LogP) is 13.7. The van der Waals surface area contributed by atoms with Gasteiger partial charge in [-0.05, 0) is 132 Å². The Kier molecular flexibility index (Phi) is 14.6. The molecule has 2 aliphatic heterocycles. The zero-order chi connectivity index (χ0) is 42.6. The minimum Gasteiger partial charge on any atom is -0.299 e. The molecule has 0 bridgehead atoms. The van der Waals surface area contributed by atoms with E-state index in [1.165, 1.54) is 120 Å². The van der Waals surface area contributed by atoms with Crippen molar-refractivity contribution in [3.8, 4) is 0 Å². The van der Waals surface area contributed by atoms with Crippen molar-refractivity contribution >= 4 is 57.7 Å². The lowest BCUT2D eigenvalue weighted by Crippen LogP contribution is -2.46. The van der Waals surface area contributed by atoms with Gasteiger partial charge in [0.25, 0.3) is 0 Å². The highest BCUT2D eigenvalue weighted by Gasteiger charge is 2.35. The maximum absolute atomic E-state index is 14.4. The number of nitrogens with zero attached hydrogens (tertiary/aromatic N) is 2. The molecule has 10 rings (SSSR count). The van der Waals surface area contributed by atoms with E-state index in [-0.39, 0.29) is 12.4 Å². The third-order valence-corrected chi connectivity index (χ3v) is 17.8. The van der Waals surface area contributed by atoms with Gasteiger partial charge >= 0.3 is 0 Å². The second-order valence-corrected chi connectivity index (χ2v) is 22.0. The molecule has 0 radical (unpaired) electrons. The fourth-order valence-electron chi connectivity index (χ4n) is 12.8. The van der Waals surface area contributed by atoms with Crippen LogP contribution < -0.4 is 0 Å². The average molecular weight is 894 g/mol. The quantitative estimate of drug-likeness (QED) is 0.137. The number of halogens is 1. The molecule has 0 aromatic heterocycles. The summed E-state index contributed by atoms with van der Waals surface area (Å²) in [5.41, 5.74) is 16.5. The van der Waals surface area contributed by atoms with Crippen molar-refractivity contribution in [2.45, 2.75) is 115 Å². The number of sulfone groups is 1. The maximum atomic E-state index is 14.4. The molecule has 6 aliphatic rings. The first-order valence-corrected chi connectivity index (χ1v) is 26.7. The Morgan fingerprint density at radius 2 is 0.734 bits per heavy atom. The summed E-state index contributed by atoms with van der Waals surface area (Å²) >= 11 is 0. The third kappa shape index (κ3) is 9.90. The highest BCUT2D eigenvalue weighted by Crippen LogP contribution is 2.42. The summed E-state index contributed by atoms with van der Waals surface area (Å²) < 4.78 is 28.7. The fraction of sp³-hybridized carbons (Fsp3) is 0.448. The number of rotatable bonds is 10. The van der Waals surface area contributed by atoms with E-state index in [2.05, 4.69) is 131 Å². The SMILES string of the molecule is Cl.O=S(=O)(CCC(C1CCCCC1)N1CCC(=C2c3ccccc3C=Cc3ccccc32)CC1)CCC(C1CCCCC1)N1CCC(=C2c3ccccc3C=Cc3ccccc32)CC1. The number of piperidine rings is 2. The molecule has 4 aliphatic carbocycles. The lowest BCUT2D eigenvalue weighted by molar-refractivity contribution is 0.104. The molecule has 2 atom stereocenters. The van der Waals surface area contributed by atoms with Crippen LogP contribution in [0.5, 0.6) is 0 Å². The number of likely N-dealkylation sites (tertiary alicyclic amines) is 2. The summed E-state index contributed by atoms with van der Waals surface area (Å²) in [5.74, 6) is 1.85. The summed E-state index contributed by atoms with van der Waals surface area (Å²) in [6.45, 7) is 4.06. The molecule has 4 aromatic carbocycles. The largest absolute Gasteiger partial charge is 0.299 e. The number of hydrogen-bond acceptors (Lipinski definition) is 4. The van der Waals surface area contributed by atoms with Crippen molar-refractivity contribution in [2.24, 2.45) is 11.8 Å². The minimum atomic E-state index is -3.21. The van der Waals surface area contributed by atoms with Crippen molar-refractivity contribution in [3.63, 3.8) is 0 Å². The van der Waals surface area contributed by atoms with Gasteiger partial charge in [0.2, 0.25) is 0 Å². The fourth-order valence-corrected chi connectivity index (χ4v) is 14.2. The van der Waals surface area contributed by atoms with Crippen LogP contribution in [-0.4, -0.2) is 68.0 Å². The van der Waals surface area contributed by atoms with E-state index in [0.717, 1.165) is 64.7 Å². The van der Waals surface area contributed by atoms with Crippen LogP contribution in [0.3, 0.4) is 0 Å². The van der Waals surface area contributed by atoms with Gasteiger partial charge in [0.1, 0.15) is 9.84 Å². The molecule has 4 fully saturated rings. The maximum Gasteiger partial charge on any atom is 0.150 e. The van der Waals surface area contributed by atoms with E-state index < -0.39 is 9.84 Å². The van der Waals surface area contributed by atoms with Crippen LogP contribution in [0.25, 0.3) is 35.5 Å². The Bertz CT molecular complexity index is 2210. The van der Waals surface area contributed by atoms with Crippen LogP contribution in [0.15, 0.2) is 108 Å². The normalized spacial score (nSPS) is 20.9. The molecule has 4 aromatic rings. The zero-order valence-electron chi connectivity index (χ0n) is 37.9. The van der Waals surface area contributed by atoms with Crippen LogP contribution in [0.2, 0.25) is 0 Å². The number of benzene rings is 4. The molecular formula is C58H69ClN2O2S. The van der Waals surface area contributed by atoms with Crippen LogP contribution in [0, 0.1) is 11.8 Å². The second-order valence-electron chi connectivity index (χ2n) is 19.7. The van der Waals surface area contributed by atoms with Crippen LogP contribution in [-0.2, 0) is 9.84 Å². The van der Waals surface area contributed by atoms with Crippen LogP contribution in [0.4, 0.5) is 0 Å². The predicted molar refractivity (Wildman–Crippen MR) is 273 cm³/mol. The second kappa shape index (κ2) is 20.7. The van der Waals surface area contributed by atoms with Crippen molar-refractivity contribution in [2.75, 3.05) is 37.7 Å². The molecule has 2 heterocycles. The Balaban J connectivity index is 0.00000518. The van der Waals surface area contributed by atoms with Crippen LogP contribution in [0.1, 0.15) is 147 Å². The van der Waals surface area contributed by atoms with E-state index >= 15 is 0 Å². The Morgan fingerprint density at radius 3 is 1.05 bits per heavy atom. The smallest absolute Gasteiger partial charge is 0.150 e. The third-order valence-electron chi connectivity index (χ3n) is 16.1. The van der Waals surface area contributed by atoms with E-state index in [1.54, 1.807) is 11.1 Å². The van der Waals surface area contributed by atoms with Gasteiger partial charge in [0, 0.05) is 38.3 Å². The summed E-state index contributed by atoms with van der Waals surface area (Å²) in [7, 11) is -3.21. The molecule has 336 valence electrons. The van der Waals surface area contributed by atoms with Crippen molar-refractivity contribution < 1.29 is 8.42 Å². The van der Waals surface area contributed by atoms with E-state index in [0.29, 0.717) is 35.4 Å². The number of hydrogen-bond donors (Lipinski definition) is 0. The topological polar surface area (TPSA) is 40.6 Å².